The Bertz CT molecular complexity index is 828. The Hall–Kier alpha value is -2.61. The van der Waals surface area contributed by atoms with Gasteiger partial charge in [0.2, 0.25) is 5.91 Å². The van der Waals surface area contributed by atoms with Crippen LogP contribution < -0.4 is 20.1 Å². The molecule has 1 aromatic heterocycles. The van der Waals surface area contributed by atoms with Crippen LogP contribution in [0.15, 0.2) is 23.6 Å². The van der Waals surface area contributed by atoms with E-state index in [1.807, 2.05) is 26.2 Å². The van der Waals surface area contributed by atoms with E-state index in [4.69, 9.17) is 9.47 Å². The molecule has 0 saturated carbocycles. The lowest BCUT2D eigenvalue weighted by atomic mass is 10.0. The van der Waals surface area contributed by atoms with Crippen molar-refractivity contribution in [1.29, 1.82) is 0 Å². The zero-order valence-electron chi connectivity index (χ0n) is 18.3. The summed E-state index contributed by atoms with van der Waals surface area (Å²) in [5.74, 6) is 0.444. The molecule has 0 spiro atoms. The fourth-order valence-electron chi connectivity index (χ4n) is 2.94. The first-order valence-corrected chi connectivity index (χ1v) is 10.9. The predicted octanol–water partition coefficient (Wildman–Crippen LogP) is 3.36. The van der Waals surface area contributed by atoms with Crippen molar-refractivity contribution in [1.82, 2.24) is 15.6 Å². The number of carbonyl (C=O) groups is 2. The van der Waals surface area contributed by atoms with E-state index in [-0.39, 0.29) is 17.7 Å². The summed E-state index contributed by atoms with van der Waals surface area (Å²) in [7, 11) is 3.05. The van der Waals surface area contributed by atoms with Crippen LogP contribution >= 0.6 is 11.3 Å². The second-order valence-corrected chi connectivity index (χ2v) is 8.37. The van der Waals surface area contributed by atoms with Gasteiger partial charge in [-0.25, -0.2) is 4.98 Å². The lowest BCUT2D eigenvalue weighted by Crippen LogP contribution is -2.49. The fraction of sp³-hybridized carbons (Fsp3) is 0.500. The number of nitrogens with zero attached hydrogens (tertiary/aromatic N) is 1. The lowest BCUT2D eigenvalue weighted by Gasteiger charge is -2.22. The standard InChI is InChI=1S/C22H31N3O4S/c1-14(2)20(22(27)23-9-7-6-8-19-24-15(3)13-30-19)25-21(26)16-10-17(28-4)12-18(11-16)29-5/h10-14,20H,6-9H2,1-5H3,(H,23,27)(H,25,26). The number of nitrogens with one attached hydrogen (secondary N) is 2. The molecule has 2 N–H and O–H groups in total. The first-order chi connectivity index (χ1) is 14.3. The highest BCUT2D eigenvalue weighted by atomic mass is 32.1. The topological polar surface area (TPSA) is 89.5 Å². The number of aromatic nitrogens is 1. The summed E-state index contributed by atoms with van der Waals surface area (Å²) in [6, 6.07) is 4.30. The van der Waals surface area contributed by atoms with Crippen molar-refractivity contribution in [3.05, 3.63) is 39.8 Å². The van der Waals surface area contributed by atoms with Gasteiger partial charge in [0.05, 0.1) is 19.2 Å². The molecule has 0 aliphatic carbocycles. The molecule has 30 heavy (non-hydrogen) atoms. The molecule has 0 aliphatic heterocycles. The van der Waals surface area contributed by atoms with E-state index in [0.717, 1.165) is 30.0 Å². The molecule has 2 rings (SSSR count). The quantitative estimate of drug-likeness (QED) is 0.531. The van der Waals surface area contributed by atoms with Crippen LogP contribution in [0.3, 0.4) is 0 Å². The van der Waals surface area contributed by atoms with E-state index in [9.17, 15) is 9.59 Å². The molecule has 0 aliphatic rings. The van der Waals surface area contributed by atoms with Crippen molar-refractivity contribution < 1.29 is 19.1 Å². The summed E-state index contributed by atoms with van der Waals surface area (Å²) in [5, 5.41) is 8.94. The van der Waals surface area contributed by atoms with Gasteiger partial charge >= 0.3 is 0 Å². The van der Waals surface area contributed by atoms with Crippen LogP contribution in [-0.4, -0.2) is 43.6 Å². The number of rotatable bonds is 11. The zero-order chi connectivity index (χ0) is 22.1. The number of hydrogen-bond acceptors (Lipinski definition) is 6. The first-order valence-electron chi connectivity index (χ1n) is 10.1. The highest BCUT2D eigenvalue weighted by Gasteiger charge is 2.24. The molecule has 0 fully saturated rings. The van der Waals surface area contributed by atoms with Crippen molar-refractivity contribution in [2.75, 3.05) is 20.8 Å². The third-order valence-corrected chi connectivity index (χ3v) is 5.66. The number of carbonyl (C=O) groups excluding carboxylic acids is 2. The van der Waals surface area contributed by atoms with E-state index < -0.39 is 6.04 Å². The molecule has 1 atom stereocenters. The van der Waals surface area contributed by atoms with Crippen molar-refractivity contribution in [2.24, 2.45) is 5.92 Å². The average Bonchev–Trinajstić information content (AvgIpc) is 3.15. The highest BCUT2D eigenvalue weighted by Crippen LogP contribution is 2.22. The Morgan fingerprint density at radius 3 is 2.30 bits per heavy atom. The Morgan fingerprint density at radius 2 is 1.77 bits per heavy atom. The number of aryl methyl sites for hydroxylation is 2. The van der Waals surface area contributed by atoms with Crippen LogP contribution in [0.5, 0.6) is 11.5 Å². The lowest BCUT2D eigenvalue weighted by molar-refractivity contribution is -0.123. The van der Waals surface area contributed by atoms with Gasteiger partial charge in [-0.15, -0.1) is 11.3 Å². The molecule has 2 aromatic rings. The van der Waals surface area contributed by atoms with Crippen molar-refractivity contribution >= 4 is 23.2 Å². The third kappa shape index (κ3) is 7.02. The number of ether oxygens (including phenoxy) is 2. The van der Waals surface area contributed by atoms with Gasteiger partial charge in [-0.3, -0.25) is 9.59 Å². The number of hydrogen-bond donors (Lipinski definition) is 2. The molecule has 8 heteroatoms. The summed E-state index contributed by atoms with van der Waals surface area (Å²) >= 11 is 1.67. The van der Waals surface area contributed by atoms with E-state index in [2.05, 4.69) is 15.6 Å². The minimum Gasteiger partial charge on any atom is -0.497 e. The van der Waals surface area contributed by atoms with E-state index in [1.165, 1.54) is 14.2 Å². The minimum atomic E-state index is -0.628. The van der Waals surface area contributed by atoms with Crippen molar-refractivity contribution in [2.45, 2.75) is 46.1 Å². The van der Waals surface area contributed by atoms with Gasteiger partial charge < -0.3 is 20.1 Å². The molecule has 1 unspecified atom stereocenters. The maximum Gasteiger partial charge on any atom is 0.252 e. The molecule has 0 bridgehead atoms. The SMILES string of the molecule is COc1cc(OC)cc(C(=O)NC(C(=O)NCCCCc2nc(C)cs2)C(C)C)c1. The van der Waals surface area contributed by atoms with Gasteiger partial charge in [0.1, 0.15) is 17.5 Å². The third-order valence-electron chi connectivity index (χ3n) is 4.63. The van der Waals surface area contributed by atoms with Crippen LogP contribution in [0.25, 0.3) is 0 Å². The van der Waals surface area contributed by atoms with Crippen LogP contribution in [0.4, 0.5) is 0 Å². The van der Waals surface area contributed by atoms with Crippen molar-refractivity contribution in [3.8, 4) is 11.5 Å². The van der Waals surface area contributed by atoms with Gasteiger partial charge in [-0.05, 0) is 44.2 Å². The number of methoxy groups -OCH3 is 2. The van der Waals surface area contributed by atoms with E-state index in [0.29, 0.717) is 23.6 Å². The number of benzene rings is 1. The summed E-state index contributed by atoms with van der Waals surface area (Å²) < 4.78 is 10.4. The van der Waals surface area contributed by atoms with Crippen LogP contribution in [0.2, 0.25) is 0 Å². The molecular formula is C22H31N3O4S. The second-order valence-electron chi connectivity index (χ2n) is 7.43. The largest absolute Gasteiger partial charge is 0.497 e. The maximum absolute atomic E-state index is 12.7. The average molecular weight is 434 g/mol. The maximum atomic E-state index is 12.7. The summed E-state index contributed by atoms with van der Waals surface area (Å²) in [5.41, 5.74) is 1.43. The molecule has 0 radical (unpaired) electrons. The van der Waals surface area contributed by atoms with Crippen molar-refractivity contribution in [3.63, 3.8) is 0 Å². The Balaban J connectivity index is 1.88. The fourth-order valence-corrected chi connectivity index (χ4v) is 3.76. The molecule has 1 aromatic carbocycles. The smallest absolute Gasteiger partial charge is 0.252 e. The normalized spacial score (nSPS) is 11.8. The predicted molar refractivity (Wildman–Crippen MR) is 118 cm³/mol. The zero-order valence-corrected chi connectivity index (χ0v) is 19.1. The molecule has 7 nitrogen and oxygen atoms in total. The molecular weight excluding hydrogens is 402 g/mol. The molecule has 1 heterocycles. The first kappa shape index (κ1) is 23.7. The van der Waals surface area contributed by atoms with E-state index >= 15 is 0 Å². The van der Waals surface area contributed by atoms with Crippen LogP contribution in [0, 0.1) is 12.8 Å². The van der Waals surface area contributed by atoms with Gasteiger partial charge in [0.25, 0.3) is 5.91 Å². The monoisotopic (exact) mass is 433 g/mol. The number of thiazole rings is 1. The molecule has 2 amide bonds. The number of amides is 2. The number of unbranched alkanes of at least 4 members (excludes halogenated alkanes) is 1. The Kier molecular flexibility index (Phi) is 9.11. The second kappa shape index (κ2) is 11.5. The van der Waals surface area contributed by atoms with Gasteiger partial charge in [-0.2, -0.15) is 0 Å². The van der Waals surface area contributed by atoms with Crippen LogP contribution in [-0.2, 0) is 11.2 Å². The van der Waals surface area contributed by atoms with Crippen LogP contribution in [0.1, 0.15) is 47.7 Å². The van der Waals surface area contributed by atoms with E-state index in [1.54, 1.807) is 29.5 Å². The summed E-state index contributed by atoms with van der Waals surface area (Å²) in [6.45, 7) is 6.36. The van der Waals surface area contributed by atoms with Gasteiger partial charge in [-0.1, -0.05) is 13.8 Å². The summed E-state index contributed by atoms with van der Waals surface area (Å²) in [4.78, 5) is 29.8. The molecule has 164 valence electrons. The van der Waals surface area contributed by atoms with Gasteiger partial charge in [0, 0.05) is 29.2 Å². The Morgan fingerprint density at radius 1 is 1.10 bits per heavy atom. The summed E-state index contributed by atoms with van der Waals surface area (Å²) in [6.07, 6.45) is 2.72. The highest BCUT2D eigenvalue weighted by molar-refractivity contribution is 7.09. The van der Waals surface area contributed by atoms with Gasteiger partial charge in [0.15, 0.2) is 0 Å². The molecule has 0 saturated heterocycles. The minimum absolute atomic E-state index is 0.0558. The Labute approximate surface area is 182 Å².